The number of carbonyl (C=O) groups excluding carboxylic acids is 5. The molecule has 2 aliphatic rings. The number of carboxylic acid groups (broad SMARTS) is 2. The number of ether oxygens (including phenoxy) is 4. The van der Waals surface area contributed by atoms with Crippen molar-refractivity contribution in [2.45, 2.75) is 89.9 Å². The van der Waals surface area contributed by atoms with E-state index < -0.39 is 59.3 Å². The van der Waals surface area contributed by atoms with Crippen molar-refractivity contribution >= 4 is 47.5 Å². The third-order valence-electron chi connectivity index (χ3n) is 11.2. The molecule has 0 bridgehead atoms. The molecule has 4 amide bonds. The van der Waals surface area contributed by atoms with Crippen LogP contribution in [0.4, 0.5) is 25.8 Å². The van der Waals surface area contributed by atoms with Crippen molar-refractivity contribution in [3.63, 3.8) is 0 Å². The number of carboxylic acids is 2. The lowest BCUT2D eigenvalue weighted by atomic mass is 9.79. The number of primary amides is 1. The van der Waals surface area contributed by atoms with Gasteiger partial charge in [-0.1, -0.05) is 60.7 Å². The number of carbonyl (C=O) groups is 6. The van der Waals surface area contributed by atoms with E-state index in [1.807, 2.05) is 48.5 Å². The topological polar surface area (TPSA) is 235 Å². The summed E-state index contributed by atoms with van der Waals surface area (Å²) in [6, 6.07) is 28.5. The fourth-order valence-electron chi connectivity index (χ4n) is 8.36. The standard InChI is InChI=1S/C52H54N4O12/c1-51(2,3)67-49(63)54-30-19-22-37-42(26-30)66-43-27-31(55-50(64)68-52(4,5)6)20-23-38(43)44(37)39-25-29(18-21-36(39)46(58)59)45(57)53-24-12-11-17-41(47(60)61)56-48(62)65-28-40-34-15-9-7-13-32(34)33-14-8-10-16-35(33)40/h7-10,13-16,18-23,25-27,40-41,44H,11-12,17,24,28H2,1-6H3,(H,53,57)(H,54,63)(H,55,64)(H,56,62)(H,58,59)(H,60,61)/t41-/m0/s1. The van der Waals surface area contributed by atoms with Gasteiger partial charge in [-0.3, -0.25) is 10.1 Å². The molecule has 6 N–H and O–H groups in total. The summed E-state index contributed by atoms with van der Waals surface area (Å²) in [4.78, 5) is 76.8. The number of amides is 4. The maximum absolute atomic E-state index is 13.7. The van der Waals surface area contributed by atoms with Crippen LogP contribution in [0.2, 0.25) is 0 Å². The van der Waals surface area contributed by atoms with Crippen LogP contribution < -0.4 is 31.1 Å². The predicted octanol–water partition coefficient (Wildman–Crippen LogP) is 7.71. The first kappa shape index (κ1) is 48.2. The third-order valence-corrected chi connectivity index (χ3v) is 11.2. The van der Waals surface area contributed by atoms with Crippen molar-refractivity contribution in [1.82, 2.24) is 10.6 Å². The Balaban J connectivity index is 1.03. The minimum Gasteiger partial charge on any atom is -0.545 e. The van der Waals surface area contributed by atoms with Crippen LogP contribution >= 0.6 is 0 Å². The minimum absolute atomic E-state index is 0.0290. The molecule has 354 valence electrons. The highest BCUT2D eigenvalue weighted by Crippen LogP contribution is 2.50. The van der Waals surface area contributed by atoms with E-state index in [0.717, 1.165) is 22.3 Å². The molecule has 0 fully saturated rings. The second-order valence-electron chi connectivity index (χ2n) is 18.6. The van der Waals surface area contributed by atoms with E-state index in [0.29, 0.717) is 35.3 Å². The smallest absolute Gasteiger partial charge is 0.518 e. The highest BCUT2D eigenvalue weighted by Gasteiger charge is 2.34. The maximum atomic E-state index is 13.7. The van der Waals surface area contributed by atoms with Crippen molar-refractivity contribution in [2.75, 3.05) is 18.5 Å². The summed E-state index contributed by atoms with van der Waals surface area (Å²) < 4.78 is 22.8. The Kier molecular flexibility index (Phi) is 14.2. The fourth-order valence-corrected chi connectivity index (χ4v) is 8.36. The first-order valence-electron chi connectivity index (χ1n) is 22.3. The monoisotopic (exact) mass is 926 g/mol. The van der Waals surface area contributed by atoms with Gasteiger partial charge in [-0.05, 0) is 113 Å². The molecule has 7 rings (SSSR count). The molecule has 0 radical (unpaired) electrons. The SMILES string of the molecule is CC(C)(C)OC(=O)Nc1ccc2c(c1)Oc1cc([NH2+]C(=O)OC(C)(C)C)ccc1C2c1cc(C(=O)NCCCC[C@H](NC(=O)OCC2c3ccccc3-c3ccccc32)C(=O)O)ccc1C(=O)[O-]. The van der Waals surface area contributed by atoms with Crippen molar-refractivity contribution in [1.29, 1.82) is 0 Å². The summed E-state index contributed by atoms with van der Waals surface area (Å²) in [6.45, 7) is 10.6. The van der Waals surface area contributed by atoms with Crippen LogP contribution in [-0.4, -0.2) is 71.6 Å². The second kappa shape index (κ2) is 20.0. The van der Waals surface area contributed by atoms with Crippen LogP contribution in [0.5, 0.6) is 11.5 Å². The van der Waals surface area contributed by atoms with Crippen LogP contribution in [0.1, 0.15) is 121 Å². The molecule has 0 saturated carbocycles. The number of aliphatic carboxylic acids is 1. The Bertz CT molecular complexity index is 2650. The van der Waals surface area contributed by atoms with Crippen molar-refractivity contribution in [3.8, 4) is 22.6 Å². The van der Waals surface area contributed by atoms with E-state index in [4.69, 9.17) is 18.9 Å². The van der Waals surface area contributed by atoms with Crippen molar-refractivity contribution in [2.24, 2.45) is 0 Å². The van der Waals surface area contributed by atoms with Gasteiger partial charge in [-0.25, -0.2) is 19.7 Å². The number of hydrogen-bond donors (Lipinski definition) is 5. The van der Waals surface area contributed by atoms with Gasteiger partial charge in [0.1, 0.15) is 41.0 Å². The van der Waals surface area contributed by atoms with Crippen LogP contribution in [0.3, 0.4) is 0 Å². The Morgan fingerprint density at radius 2 is 1.35 bits per heavy atom. The number of nitrogens with two attached hydrogens (primary N) is 1. The zero-order valence-corrected chi connectivity index (χ0v) is 38.6. The van der Waals surface area contributed by atoms with Crippen LogP contribution in [-0.2, 0) is 19.0 Å². The van der Waals surface area contributed by atoms with Gasteiger partial charge >= 0.3 is 24.2 Å². The van der Waals surface area contributed by atoms with Gasteiger partial charge in [0.15, 0.2) is 0 Å². The van der Waals surface area contributed by atoms with Gasteiger partial charge in [-0.2, -0.15) is 4.79 Å². The van der Waals surface area contributed by atoms with Crippen molar-refractivity contribution < 1.29 is 63.2 Å². The van der Waals surface area contributed by atoms with Crippen LogP contribution in [0.15, 0.2) is 103 Å². The summed E-state index contributed by atoms with van der Waals surface area (Å²) in [5.41, 5.74) is 4.64. The van der Waals surface area contributed by atoms with E-state index >= 15 is 0 Å². The molecular formula is C52H54N4O12. The summed E-state index contributed by atoms with van der Waals surface area (Å²) in [6.07, 6.45) is -1.40. The molecule has 0 spiro atoms. The number of anilines is 1. The molecule has 1 aliphatic heterocycles. The van der Waals surface area contributed by atoms with E-state index in [-0.39, 0.29) is 53.7 Å². The lowest BCUT2D eigenvalue weighted by Gasteiger charge is -2.31. The number of hydrogen-bond acceptors (Lipinski definition) is 11. The van der Waals surface area contributed by atoms with Gasteiger partial charge in [0.05, 0.1) is 5.97 Å². The van der Waals surface area contributed by atoms with Crippen molar-refractivity contribution in [3.05, 3.63) is 142 Å². The summed E-state index contributed by atoms with van der Waals surface area (Å²) in [5.74, 6) is -3.72. The number of fused-ring (bicyclic) bond motifs is 5. The molecule has 0 aromatic heterocycles. The molecule has 68 heavy (non-hydrogen) atoms. The van der Waals surface area contributed by atoms with E-state index in [1.54, 1.807) is 77.9 Å². The molecule has 16 heteroatoms. The highest BCUT2D eigenvalue weighted by atomic mass is 16.6. The zero-order chi connectivity index (χ0) is 48.9. The Labute approximate surface area is 393 Å². The Morgan fingerprint density at radius 1 is 0.721 bits per heavy atom. The number of alkyl carbamates (subject to hydrolysis) is 1. The normalized spacial score (nSPS) is 14.1. The largest absolute Gasteiger partial charge is 0.545 e. The van der Waals surface area contributed by atoms with Gasteiger partial charge in [0.2, 0.25) is 0 Å². The summed E-state index contributed by atoms with van der Waals surface area (Å²) in [7, 11) is 0. The lowest BCUT2D eigenvalue weighted by Crippen LogP contribution is -2.83. The second-order valence-corrected chi connectivity index (χ2v) is 18.6. The van der Waals surface area contributed by atoms with Gasteiger partial charge in [0.25, 0.3) is 5.91 Å². The van der Waals surface area contributed by atoms with Crippen LogP contribution in [0, 0.1) is 0 Å². The molecule has 1 unspecified atom stereocenters. The van der Waals surface area contributed by atoms with Crippen LogP contribution in [0.25, 0.3) is 11.1 Å². The number of nitrogens with one attached hydrogen (secondary N) is 3. The van der Waals surface area contributed by atoms with Gasteiger partial charge in [-0.15, -0.1) is 0 Å². The van der Waals surface area contributed by atoms with E-state index in [2.05, 4.69) is 16.0 Å². The highest BCUT2D eigenvalue weighted by molar-refractivity contribution is 5.97. The number of unbranched alkanes of at least 4 members (excludes halogenated alkanes) is 1. The summed E-state index contributed by atoms with van der Waals surface area (Å²) in [5, 5.41) is 31.9. The Hall–Kier alpha value is -7.72. The molecular weight excluding hydrogens is 873 g/mol. The number of quaternary nitrogens is 1. The van der Waals surface area contributed by atoms with E-state index in [9.17, 15) is 39.0 Å². The zero-order valence-electron chi connectivity index (χ0n) is 38.6. The molecule has 5 aromatic carbocycles. The average Bonchev–Trinajstić information content (AvgIpc) is 3.58. The molecule has 5 aromatic rings. The predicted molar refractivity (Wildman–Crippen MR) is 248 cm³/mol. The fraction of sp³-hybridized carbons (Fsp3) is 0.308. The van der Waals surface area contributed by atoms with Gasteiger partial charge < -0.3 is 44.6 Å². The number of aromatic carboxylic acids is 1. The maximum Gasteiger partial charge on any atom is 0.518 e. The first-order chi connectivity index (χ1) is 32.2. The minimum atomic E-state index is -1.49. The van der Waals surface area contributed by atoms with Gasteiger partial charge in [0, 0.05) is 64.5 Å². The first-order valence-corrected chi connectivity index (χ1v) is 22.3. The quantitative estimate of drug-likeness (QED) is 0.0402. The third kappa shape index (κ3) is 11.6. The number of benzene rings is 5. The number of rotatable bonds is 14. The Morgan fingerprint density at radius 3 is 1.99 bits per heavy atom. The molecule has 1 heterocycles. The molecule has 2 atom stereocenters. The average molecular weight is 927 g/mol. The molecule has 0 saturated heterocycles. The lowest BCUT2D eigenvalue weighted by molar-refractivity contribution is -0.486. The molecule has 1 aliphatic carbocycles. The molecule has 16 nitrogen and oxygen atoms in total. The summed E-state index contributed by atoms with van der Waals surface area (Å²) >= 11 is 0. The van der Waals surface area contributed by atoms with E-state index in [1.165, 1.54) is 23.5 Å².